The highest BCUT2D eigenvalue weighted by atomic mass is 16.6. The van der Waals surface area contributed by atoms with Crippen molar-refractivity contribution in [3.05, 3.63) is 90.3 Å². The predicted molar refractivity (Wildman–Crippen MR) is 154 cm³/mol. The van der Waals surface area contributed by atoms with Gasteiger partial charge in [-0.2, -0.15) is 4.98 Å². The van der Waals surface area contributed by atoms with Crippen LogP contribution in [0.25, 0.3) is 11.4 Å². The van der Waals surface area contributed by atoms with Crippen molar-refractivity contribution in [2.75, 3.05) is 23.8 Å². The summed E-state index contributed by atoms with van der Waals surface area (Å²) in [7, 11) is 1.92. The molecule has 0 aliphatic carbocycles. The minimum atomic E-state index is -0.536. The van der Waals surface area contributed by atoms with Crippen LogP contribution in [0.3, 0.4) is 0 Å². The van der Waals surface area contributed by atoms with E-state index in [0.29, 0.717) is 24.1 Å². The fourth-order valence-corrected chi connectivity index (χ4v) is 3.91. The molecule has 0 aliphatic rings. The van der Waals surface area contributed by atoms with Crippen molar-refractivity contribution in [2.45, 2.75) is 45.8 Å². The Kier molecular flexibility index (Phi) is 8.70. The molecule has 0 radical (unpaired) electrons. The average molecular weight is 526 g/mol. The summed E-state index contributed by atoms with van der Waals surface area (Å²) in [5.74, 6) is 2.65. The lowest BCUT2D eigenvalue weighted by molar-refractivity contribution is 0.0508. The van der Waals surface area contributed by atoms with Crippen LogP contribution in [0.15, 0.2) is 79.1 Å². The van der Waals surface area contributed by atoms with Crippen molar-refractivity contribution in [3.63, 3.8) is 0 Å². The van der Waals surface area contributed by atoms with Crippen LogP contribution in [-0.4, -0.2) is 45.2 Å². The number of hydrogen-bond donors (Lipinski definition) is 2. The lowest BCUT2D eigenvalue weighted by Gasteiger charge is -2.22. The number of anilines is 3. The molecule has 0 bridgehead atoms. The molecule has 0 fully saturated rings. The third-order valence-corrected chi connectivity index (χ3v) is 5.88. The summed E-state index contributed by atoms with van der Waals surface area (Å²) >= 11 is 0. The molecular formula is C30H35N7O2. The van der Waals surface area contributed by atoms with Crippen LogP contribution in [0, 0.1) is 0 Å². The van der Waals surface area contributed by atoms with Gasteiger partial charge < -0.3 is 20.3 Å². The molecule has 2 aromatic heterocycles. The largest absolute Gasteiger partial charge is 0.444 e. The maximum Gasteiger partial charge on any atom is 0.408 e. The van der Waals surface area contributed by atoms with Crippen LogP contribution in [0.1, 0.15) is 44.9 Å². The maximum absolute atomic E-state index is 12.1. The van der Waals surface area contributed by atoms with Gasteiger partial charge in [-0.3, -0.25) is 0 Å². The van der Waals surface area contributed by atoms with Crippen LogP contribution in [-0.2, 0) is 11.2 Å². The van der Waals surface area contributed by atoms with E-state index in [9.17, 15) is 4.79 Å². The van der Waals surface area contributed by atoms with Crippen molar-refractivity contribution in [2.24, 2.45) is 0 Å². The summed E-state index contributed by atoms with van der Waals surface area (Å²) in [6.45, 7) is 8.13. The number of ether oxygens (including phenoxy) is 1. The van der Waals surface area contributed by atoms with E-state index in [4.69, 9.17) is 9.72 Å². The Balaban J connectivity index is 1.35. The standard InChI is InChI=1S/C30H35N7O2/c1-21(34-29(38)39-30(2,3)4)24-13-9-10-22(20-24)14-17-32-28-33-19-16-26(36-28)37(5)25-15-18-31-27(35-25)23-11-7-6-8-12-23/h6-13,15-16,18-21H,14,17H2,1-5H3,(H,34,38)(H,32,33,36). The molecule has 0 spiro atoms. The molecule has 1 unspecified atom stereocenters. The van der Waals surface area contributed by atoms with Crippen molar-refractivity contribution in [1.29, 1.82) is 0 Å². The predicted octanol–water partition coefficient (Wildman–Crippen LogP) is 5.94. The number of carbonyl (C=O) groups excluding carboxylic acids is 1. The number of amides is 1. The van der Waals surface area contributed by atoms with Gasteiger partial charge in [0.1, 0.15) is 17.2 Å². The second-order valence-electron chi connectivity index (χ2n) is 10.2. The molecule has 2 heterocycles. The topological polar surface area (TPSA) is 105 Å². The highest BCUT2D eigenvalue weighted by molar-refractivity contribution is 5.68. The normalized spacial score (nSPS) is 11.9. The van der Waals surface area contributed by atoms with Gasteiger partial charge in [0, 0.05) is 31.5 Å². The van der Waals surface area contributed by atoms with Crippen molar-refractivity contribution in [1.82, 2.24) is 25.3 Å². The lowest BCUT2D eigenvalue weighted by Crippen LogP contribution is -2.34. The van der Waals surface area contributed by atoms with E-state index in [1.54, 1.807) is 12.4 Å². The quantitative estimate of drug-likeness (QED) is 0.277. The first-order valence-electron chi connectivity index (χ1n) is 13.0. The number of nitrogens with one attached hydrogen (secondary N) is 2. The number of nitrogens with zero attached hydrogens (tertiary/aromatic N) is 5. The Hall–Kier alpha value is -4.53. The third-order valence-electron chi connectivity index (χ3n) is 5.88. The molecule has 1 amide bonds. The second kappa shape index (κ2) is 12.3. The minimum absolute atomic E-state index is 0.174. The molecular weight excluding hydrogens is 490 g/mol. The summed E-state index contributed by atoms with van der Waals surface area (Å²) < 4.78 is 5.37. The monoisotopic (exact) mass is 525 g/mol. The first-order valence-corrected chi connectivity index (χ1v) is 13.0. The second-order valence-corrected chi connectivity index (χ2v) is 10.2. The smallest absolute Gasteiger partial charge is 0.408 e. The summed E-state index contributed by atoms with van der Waals surface area (Å²) in [5, 5.41) is 6.21. The van der Waals surface area contributed by atoms with Crippen LogP contribution in [0.4, 0.5) is 22.4 Å². The molecule has 9 heteroatoms. The van der Waals surface area contributed by atoms with Crippen molar-refractivity contribution in [3.8, 4) is 11.4 Å². The average Bonchev–Trinajstić information content (AvgIpc) is 2.92. The highest BCUT2D eigenvalue weighted by Gasteiger charge is 2.18. The molecule has 0 aliphatic heterocycles. The Morgan fingerprint density at radius 1 is 0.949 bits per heavy atom. The van der Waals surface area contributed by atoms with E-state index >= 15 is 0 Å². The SMILES string of the molecule is CC(NC(=O)OC(C)(C)C)c1cccc(CCNc2nccc(N(C)c3ccnc(-c4ccccc4)n3)n2)c1. The third kappa shape index (κ3) is 7.98. The Bertz CT molecular complexity index is 1390. The minimum Gasteiger partial charge on any atom is -0.444 e. The van der Waals surface area contributed by atoms with Gasteiger partial charge in [0.05, 0.1) is 6.04 Å². The maximum atomic E-state index is 12.1. The van der Waals surface area contributed by atoms with Gasteiger partial charge in [-0.25, -0.2) is 19.7 Å². The Morgan fingerprint density at radius 2 is 1.67 bits per heavy atom. The highest BCUT2D eigenvalue weighted by Crippen LogP contribution is 2.23. The van der Waals surface area contributed by atoms with Gasteiger partial charge in [-0.1, -0.05) is 54.6 Å². The van der Waals surface area contributed by atoms with E-state index in [0.717, 1.165) is 28.9 Å². The first kappa shape index (κ1) is 27.5. The molecule has 2 aromatic carbocycles. The Morgan fingerprint density at radius 3 is 2.41 bits per heavy atom. The van der Waals surface area contributed by atoms with Crippen LogP contribution in [0.2, 0.25) is 0 Å². The van der Waals surface area contributed by atoms with Gasteiger partial charge in [0.15, 0.2) is 5.82 Å². The van der Waals surface area contributed by atoms with Crippen molar-refractivity contribution >= 4 is 23.7 Å². The number of alkyl carbamates (subject to hydrolysis) is 1. The summed E-state index contributed by atoms with van der Waals surface area (Å²) in [4.78, 5) is 32.2. The molecule has 4 rings (SSSR count). The van der Waals surface area contributed by atoms with Gasteiger partial charge in [0.25, 0.3) is 0 Å². The van der Waals surface area contributed by atoms with E-state index in [-0.39, 0.29) is 6.04 Å². The zero-order chi connectivity index (χ0) is 27.8. The van der Waals surface area contributed by atoms with Crippen LogP contribution < -0.4 is 15.5 Å². The first-order chi connectivity index (χ1) is 18.7. The molecule has 39 heavy (non-hydrogen) atoms. The van der Waals surface area contributed by atoms with Crippen molar-refractivity contribution < 1.29 is 9.53 Å². The number of rotatable bonds is 9. The molecule has 202 valence electrons. The van der Waals surface area contributed by atoms with Crippen LogP contribution >= 0.6 is 0 Å². The van der Waals surface area contributed by atoms with Gasteiger partial charge in [-0.05, 0) is 57.4 Å². The number of carbonyl (C=O) groups is 1. The number of aromatic nitrogens is 4. The fourth-order valence-electron chi connectivity index (χ4n) is 3.91. The Labute approximate surface area is 229 Å². The number of hydrogen-bond acceptors (Lipinski definition) is 8. The van der Waals surface area contributed by atoms with Gasteiger partial charge in [-0.15, -0.1) is 0 Å². The van der Waals surface area contributed by atoms with Crippen LogP contribution in [0.5, 0.6) is 0 Å². The van der Waals surface area contributed by atoms with E-state index in [1.165, 1.54) is 0 Å². The summed E-state index contributed by atoms with van der Waals surface area (Å²) in [6.07, 6.45) is 3.82. The molecule has 2 N–H and O–H groups in total. The van der Waals surface area contributed by atoms with E-state index in [1.807, 2.05) is 94.2 Å². The van der Waals surface area contributed by atoms with E-state index < -0.39 is 11.7 Å². The molecule has 0 saturated carbocycles. The zero-order valence-electron chi connectivity index (χ0n) is 23.0. The fraction of sp³-hybridized carbons (Fsp3) is 0.300. The van der Waals surface area contributed by atoms with Gasteiger partial charge >= 0.3 is 6.09 Å². The molecule has 4 aromatic rings. The zero-order valence-corrected chi connectivity index (χ0v) is 23.0. The number of benzene rings is 2. The summed E-state index contributed by atoms with van der Waals surface area (Å²) in [6, 6.07) is 21.6. The van der Waals surface area contributed by atoms with Gasteiger partial charge in [0.2, 0.25) is 5.95 Å². The lowest BCUT2D eigenvalue weighted by atomic mass is 10.0. The molecule has 1 atom stereocenters. The molecule has 0 saturated heterocycles. The summed E-state index contributed by atoms with van der Waals surface area (Å²) in [5.41, 5.74) is 2.57. The van der Waals surface area contributed by atoms with E-state index in [2.05, 4.69) is 37.7 Å². The molecule has 9 nitrogen and oxygen atoms in total.